The summed E-state index contributed by atoms with van der Waals surface area (Å²) in [6, 6.07) is 0. The predicted molar refractivity (Wildman–Crippen MR) is 40.3 cm³/mol. The number of methoxy groups -OCH3 is 1. The Morgan fingerprint density at radius 1 is 1.55 bits per heavy atom. The van der Waals surface area contributed by atoms with E-state index in [9.17, 15) is 9.59 Å². The number of alkyl carbamates (subject to hydrolysis) is 1. The second-order valence-corrected chi connectivity index (χ2v) is 2.75. The Morgan fingerprint density at radius 2 is 2.09 bits per heavy atom. The molecule has 0 aromatic carbocycles. The van der Waals surface area contributed by atoms with Crippen LogP contribution >= 0.6 is 0 Å². The summed E-state index contributed by atoms with van der Waals surface area (Å²) in [7, 11) is 1.28. The molecular formula is C7H13NO3. The first-order chi connectivity index (χ1) is 5.10. The molecular weight excluding hydrogens is 146 g/mol. The van der Waals surface area contributed by atoms with Crippen LogP contribution in [0.1, 0.15) is 21.2 Å². The molecule has 0 atom stereocenters. The number of rotatable bonds is 2. The smallest absolute Gasteiger partial charge is 0.407 e. The summed E-state index contributed by atoms with van der Waals surface area (Å²) in [6.45, 7) is 1.48. The second-order valence-electron chi connectivity index (χ2n) is 2.75. The number of ether oxygens (including phenoxy) is 1. The Hall–Kier alpha value is -1.06. The van der Waals surface area contributed by atoms with Crippen molar-refractivity contribution in [3.8, 4) is 0 Å². The van der Waals surface area contributed by atoms with Crippen LogP contribution in [0.5, 0.6) is 0 Å². The van der Waals surface area contributed by atoms with E-state index in [1.807, 2.05) is 0 Å². The van der Waals surface area contributed by atoms with Crippen molar-refractivity contribution in [3.63, 3.8) is 0 Å². The molecule has 1 amide bonds. The van der Waals surface area contributed by atoms with Crippen LogP contribution < -0.4 is 5.32 Å². The summed E-state index contributed by atoms with van der Waals surface area (Å²) < 4.78 is 4.37. The van der Waals surface area contributed by atoms with Crippen molar-refractivity contribution in [2.45, 2.75) is 25.3 Å². The summed E-state index contributed by atoms with van der Waals surface area (Å²) in [5.74, 6) is 0.00269. The lowest BCUT2D eigenvalue weighted by Crippen LogP contribution is -2.41. The minimum atomic E-state index is -0.590. The van der Waals surface area contributed by atoms with Gasteiger partial charge in [0.15, 0.2) is 5.78 Å². The first-order valence-corrected chi connectivity index (χ1v) is 3.48. The minimum absolute atomic E-state index is 0. The molecule has 1 N–H and O–H groups in total. The normalized spacial score (nSPS) is 18.7. The van der Waals surface area contributed by atoms with Crippen LogP contribution in [0.15, 0.2) is 0 Å². The molecule has 0 aromatic heterocycles. The van der Waals surface area contributed by atoms with Gasteiger partial charge in [0.2, 0.25) is 0 Å². The van der Waals surface area contributed by atoms with Crippen LogP contribution in [0.4, 0.5) is 4.79 Å². The highest BCUT2D eigenvalue weighted by molar-refractivity contribution is 5.92. The molecule has 0 saturated heterocycles. The van der Waals surface area contributed by atoms with Gasteiger partial charge in [-0.05, 0) is 19.8 Å². The van der Waals surface area contributed by atoms with Gasteiger partial charge in [0, 0.05) is 1.43 Å². The number of nitrogens with one attached hydrogen (secondary N) is 1. The Morgan fingerprint density at radius 3 is 2.36 bits per heavy atom. The summed E-state index contributed by atoms with van der Waals surface area (Å²) in [5.41, 5.74) is -0.590. The molecule has 0 unspecified atom stereocenters. The zero-order valence-electron chi connectivity index (χ0n) is 6.64. The molecule has 64 valence electrons. The average Bonchev–Trinajstić information content (AvgIpc) is 2.69. The molecule has 0 radical (unpaired) electrons. The molecule has 1 rings (SSSR count). The molecule has 1 aliphatic carbocycles. The largest absolute Gasteiger partial charge is 0.453 e. The summed E-state index contributed by atoms with van der Waals surface area (Å²) in [4.78, 5) is 21.6. The molecule has 4 heteroatoms. The Balaban J connectivity index is 0.00000121. The number of amides is 1. The lowest BCUT2D eigenvalue weighted by Gasteiger charge is -2.11. The fraction of sp³-hybridized carbons (Fsp3) is 0.714. The van der Waals surface area contributed by atoms with Crippen LogP contribution in [-0.2, 0) is 9.53 Å². The maximum absolute atomic E-state index is 10.9. The standard InChI is InChI=1S/C7H11NO3.H2/c1-5(9)7(3-4-7)8-6(10)11-2;/h3-4H2,1-2H3,(H,8,10);1H. The van der Waals surface area contributed by atoms with Crippen LogP contribution in [0.3, 0.4) is 0 Å². The topological polar surface area (TPSA) is 55.4 Å². The van der Waals surface area contributed by atoms with Gasteiger partial charge in [0.25, 0.3) is 0 Å². The van der Waals surface area contributed by atoms with Crippen molar-refractivity contribution >= 4 is 11.9 Å². The maximum atomic E-state index is 10.9. The van der Waals surface area contributed by atoms with Crippen molar-refractivity contribution in [1.29, 1.82) is 0 Å². The van der Waals surface area contributed by atoms with E-state index in [1.54, 1.807) is 0 Å². The summed E-state index contributed by atoms with van der Waals surface area (Å²) in [5, 5.41) is 2.51. The molecule has 0 heterocycles. The molecule has 11 heavy (non-hydrogen) atoms. The van der Waals surface area contributed by atoms with Gasteiger partial charge in [-0.15, -0.1) is 0 Å². The van der Waals surface area contributed by atoms with Crippen LogP contribution in [0.2, 0.25) is 0 Å². The SMILES string of the molecule is COC(=O)NC1(C(C)=O)CC1.[HH]. The lowest BCUT2D eigenvalue weighted by molar-refractivity contribution is -0.119. The average molecular weight is 159 g/mol. The van der Waals surface area contributed by atoms with Gasteiger partial charge in [-0.2, -0.15) is 0 Å². The van der Waals surface area contributed by atoms with E-state index >= 15 is 0 Å². The van der Waals surface area contributed by atoms with Crippen molar-refractivity contribution in [3.05, 3.63) is 0 Å². The zero-order valence-corrected chi connectivity index (χ0v) is 6.64. The highest BCUT2D eigenvalue weighted by Crippen LogP contribution is 2.36. The third-order valence-corrected chi connectivity index (χ3v) is 1.95. The van der Waals surface area contributed by atoms with Gasteiger partial charge in [0.1, 0.15) is 5.54 Å². The van der Waals surface area contributed by atoms with Gasteiger partial charge >= 0.3 is 6.09 Å². The maximum Gasteiger partial charge on any atom is 0.407 e. The lowest BCUT2D eigenvalue weighted by atomic mass is 10.2. The Bertz CT molecular complexity index is 201. The number of Topliss-reactive ketones (excluding diaryl/α,β-unsaturated/α-hetero) is 1. The number of carbonyl (C=O) groups is 2. The van der Waals surface area contributed by atoms with Gasteiger partial charge < -0.3 is 10.1 Å². The number of ketones is 1. The molecule has 0 spiro atoms. The van der Waals surface area contributed by atoms with Crippen molar-refractivity contribution in [1.82, 2.24) is 5.32 Å². The zero-order chi connectivity index (χ0) is 8.48. The summed E-state index contributed by atoms with van der Waals surface area (Å²) in [6.07, 6.45) is 0.937. The molecule has 4 nitrogen and oxygen atoms in total. The van der Waals surface area contributed by atoms with Gasteiger partial charge in [-0.1, -0.05) is 0 Å². The molecule has 1 fully saturated rings. The second kappa shape index (κ2) is 2.53. The van der Waals surface area contributed by atoms with E-state index in [4.69, 9.17) is 0 Å². The highest BCUT2D eigenvalue weighted by atomic mass is 16.5. The molecule has 1 saturated carbocycles. The van der Waals surface area contributed by atoms with Crippen LogP contribution in [-0.4, -0.2) is 24.5 Å². The van der Waals surface area contributed by atoms with Crippen LogP contribution in [0.25, 0.3) is 0 Å². The Labute approximate surface area is 66.4 Å². The van der Waals surface area contributed by atoms with E-state index in [0.717, 1.165) is 12.8 Å². The molecule has 1 aliphatic rings. The van der Waals surface area contributed by atoms with Gasteiger partial charge in [-0.3, -0.25) is 4.79 Å². The highest BCUT2D eigenvalue weighted by Gasteiger charge is 2.48. The van der Waals surface area contributed by atoms with E-state index < -0.39 is 11.6 Å². The molecule has 0 aliphatic heterocycles. The van der Waals surface area contributed by atoms with Crippen molar-refractivity contribution in [2.75, 3.05) is 7.11 Å². The fourth-order valence-corrected chi connectivity index (χ4v) is 0.936. The van der Waals surface area contributed by atoms with E-state index in [2.05, 4.69) is 10.1 Å². The molecule has 0 bridgehead atoms. The Kier molecular flexibility index (Phi) is 1.85. The first-order valence-electron chi connectivity index (χ1n) is 3.48. The molecule has 0 aromatic rings. The van der Waals surface area contributed by atoms with Crippen molar-refractivity contribution in [2.24, 2.45) is 0 Å². The van der Waals surface area contributed by atoms with Gasteiger partial charge in [-0.25, -0.2) is 4.79 Å². The number of hydrogen-bond acceptors (Lipinski definition) is 3. The number of carbonyl (C=O) groups excluding carboxylic acids is 2. The van der Waals surface area contributed by atoms with Gasteiger partial charge in [0.05, 0.1) is 7.11 Å². The van der Waals surface area contributed by atoms with E-state index in [0.29, 0.717) is 0 Å². The summed E-state index contributed by atoms with van der Waals surface area (Å²) >= 11 is 0. The fourth-order valence-electron chi connectivity index (χ4n) is 0.936. The quantitative estimate of drug-likeness (QED) is 0.645. The third kappa shape index (κ3) is 1.50. The van der Waals surface area contributed by atoms with E-state index in [-0.39, 0.29) is 7.21 Å². The predicted octanol–water partition coefficient (Wildman–Crippen LogP) is 0.710. The van der Waals surface area contributed by atoms with Crippen LogP contribution in [0, 0.1) is 0 Å². The third-order valence-electron chi connectivity index (χ3n) is 1.95. The minimum Gasteiger partial charge on any atom is -0.453 e. The van der Waals surface area contributed by atoms with Crippen molar-refractivity contribution < 1.29 is 15.8 Å². The van der Waals surface area contributed by atoms with E-state index in [1.165, 1.54) is 14.0 Å². The first kappa shape index (κ1) is 8.04. The monoisotopic (exact) mass is 159 g/mol. The number of hydrogen-bond donors (Lipinski definition) is 1.